The first-order chi connectivity index (χ1) is 18.9. The second-order valence-electron chi connectivity index (χ2n) is 11.6. The summed E-state index contributed by atoms with van der Waals surface area (Å²) in [6, 6.07) is 16.2. The molecule has 4 aliphatic heterocycles. The van der Waals surface area contributed by atoms with Crippen molar-refractivity contribution in [1.82, 2.24) is 9.88 Å². The lowest BCUT2D eigenvalue weighted by molar-refractivity contribution is -0.117. The topological polar surface area (TPSA) is 66.0 Å². The minimum atomic E-state index is 0.0364. The summed E-state index contributed by atoms with van der Waals surface area (Å²) in [6.07, 6.45) is 4.51. The lowest BCUT2D eigenvalue weighted by Crippen LogP contribution is -2.42. The molecule has 5 heterocycles. The van der Waals surface area contributed by atoms with Crippen LogP contribution >= 0.6 is 0 Å². The third-order valence-electron chi connectivity index (χ3n) is 9.20. The number of pyridine rings is 1. The molecule has 7 rings (SSSR count). The van der Waals surface area contributed by atoms with Gasteiger partial charge in [0.25, 0.3) is 5.91 Å². The Hall–Kier alpha value is -3.71. The summed E-state index contributed by atoms with van der Waals surface area (Å²) >= 11 is 0. The molecule has 2 amide bonds. The Bertz CT molecular complexity index is 1470. The SMILES string of the molecule is Cc1nc(N2CCCC2=O)ccc1-c1ccc(C(=O)N2CCc3cc4c(cc32)C2(CCN(C)CC2)CO4)cc1. The fraction of sp³-hybridized carbons (Fsp3) is 0.406. The maximum atomic E-state index is 13.7. The second kappa shape index (κ2) is 9.19. The fourth-order valence-electron chi connectivity index (χ4n) is 6.76. The van der Waals surface area contributed by atoms with Crippen LogP contribution < -0.4 is 14.5 Å². The van der Waals surface area contributed by atoms with Gasteiger partial charge in [0.2, 0.25) is 5.91 Å². The van der Waals surface area contributed by atoms with Gasteiger partial charge in [-0.2, -0.15) is 0 Å². The zero-order chi connectivity index (χ0) is 26.7. The van der Waals surface area contributed by atoms with Crippen LogP contribution in [0.25, 0.3) is 11.1 Å². The van der Waals surface area contributed by atoms with Crippen molar-refractivity contribution in [2.75, 3.05) is 49.6 Å². The fourth-order valence-corrected chi connectivity index (χ4v) is 6.76. The number of rotatable bonds is 3. The van der Waals surface area contributed by atoms with Gasteiger partial charge < -0.3 is 14.5 Å². The number of piperidine rings is 1. The van der Waals surface area contributed by atoms with Crippen molar-refractivity contribution in [3.05, 3.63) is 70.9 Å². The standard InChI is InChI=1S/C32H34N4O3/c1-21-25(9-10-29(33-21)36-14-3-4-30(36)37)22-5-7-23(8-6-22)31(38)35-15-11-24-18-28-26(19-27(24)35)32(20-39-28)12-16-34(2)17-13-32/h5-10,18-19H,3-4,11-17,20H2,1-2H3. The molecule has 0 saturated carbocycles. The Balaban J connectivity index is 1.13. The van der Waals surface area contributed by atoms with Crippen molar-refractivity contribution >= 4 is 23.3 Å². The van der Waals surface area contributed by atoms with Crippen LogP contribution in [0.4, 0.5) is 11.5 Å². The summed E-state index contributed by atoms with van der Waals surface area (Å²) in [6.45, 7) is 6.28. The number of aryl methyl sites for hydroxylation is 1. The predicted octanol–water partition coefficient (Wildman–Crippen LogP) is 4.74. The number of anilines is 2. The molecule has 0 N–H and O–H groups in total. The number of likely N-dealkylation sites (tertiary alicyclic amines) is 1. The van der Waals surface area contributed by atoms with E-state index >= 15 is 0 Å². The summed E-state index contributed by atoms with van der Waals surface area (Å²) in [4.78, 5) is 36.6. The Morgan fingerprint density at radius 1 is 0.974 bits per heavy atom. The number of benzene rings is 2. The van der Waals surface area contributed by atoms with Crippen LogP contribution in [0.2, 0.25) is 0 Å². The van der Waals surface area contributed by atoms with Crippen molar-refractivity contribution < 1.29 is 14.3 Å². The first-order valence-corrected chi connectivity index (χ1v) is 14.1. The van der Waals surface area contributed by atoms with E-state index in [9.17, 15) is 9.59 Å². The van der Waals surface area contributed by atoms with E-state index in [1.54, 1.807) is 4.90 Å². The first-order valence-electron chi connectivity index (χ1n) is 14.1. The quantitative estimate of drug-likeness (QED) is 0.497. The minimum Gasteiger partial charge on any atom is -0.492 e. The van der Waals surface area contributed by atoms with Crippen LogP contribution in [-0.4, -0.2) is 61.5 Å². The van der Waals surface area contributed by atoms with Gasteiger partial charge in [0.1, 0.15) is 11.6 Å². The number of nitrogens with zero attached hydrogens (tertiary/aromatic N) is 4. The van der Waals surface area contributed by atoms with Crippen LogP contribution in [0.5, 0.6) is 5.75 Å². The van der Waals surface area contributed by atoms with Crippen LogP contribution in [0.3, 0.4) is 0 Å². The van der Waals surface area contributed by atoms with Crippen LogP contribution in [0.15, 0.2) is 48.5 Å². The van der Waals surface area contributed by atoms with E-state index in [1.807, 2.05) is 48.2 Å². The predicted molar refractivity (Wildman–Crippen MR) is 152 cm³/mol. The number of fused-ring (bicyclic) bond motifs is 3. The lowest BCUT2D eigenvalue weighted by atomic mass is 9.74. The number of hydrogen-bond acceptors (Lipinski definition) is 5. The Morgan fingerprint density at radius 3 is 2.49 bits per heavy atom. The van der Waals surface area contributed by atoms with E-state index in [4.69, 9.17) is 9.72 Å². The third kappa shape index (κ3) is 4.02. The molecule has 0 radical (unpaired) electrons. The van der Waals surface area contributed by atoms with Crippen molar-refractivity contribution in [3.8, 4) is 16.9 Å². The van der Waals surface area contributed by atoms with Crippen molar-refractivity contribution in [3.63, 3.8) is 0 Å². The van der Waals surface area contributed by atoms with Gasteiger partial charge in [-0.1, -0.05) is 12.1 Å². The highest BCUT2D eigenvalue weighted by Gasteiger charge is 2.44. The summed E-state index contributed by atoms with van der Waals surface area (Å²) in [5.74, 6) is 1.91. The van der Waals surface area contributed by atoms with Crippen LogP contribution in [0.1, 0.15) is 52.9 Å². The van der Waals surface area contributed by atoms with E-state index in [2.05, 4.69) is 24.1 Å². The van der Waals surface area contributed by atoms with Gasteiger partial charge in [-0.05, 0) is 100 Å². The molecular weight excluding hydrogens is 488 g/mol. The lowest BCUT2D eigenvalue weighted by Gasteiger charge is -2.37. The van der Waals surface area contributed by atoms with Crippen LogP contribution in [0, 0.1) is 6.92 Å². The Kier molecular flexibility index (Phi) is 5.74. The Morgan fingerprint density at radius 2 is 1.77 bits per heavy atom. The molecule has 3 aromatic rings. The smallest absolute Gasteiger partial charge is 0.258 e. The molecule has 2 fully saturated rings. The first kappa shape index (κ1) is 24.3. The molecule has 0 aliphatic carbocycles. The summed E-state index contributed by atoms with van der Waals surface area (Å²) < 4.78 is 6.19. The molecule has 1 aromatic heterocycles. The number of carbonyl (C=O) groups excluding carboxylic acids is 2. The van der Waals surface area contributed by atoms with Crippen LogP contribution in [-0.2, 0) is 16.6 Å². The van der Waals surface area contributed by atoms with Crippen molar-refractivity contribution in [1.29, 1.82) is 0 Å². The number of carbonyl (C=O) groups is 2. The van der Waals surface area contributed by atoms with E-state index < -0.39 is 0 Å². The highest BCUT2D eigenvalue weighted by Crippen LogP contribution is 2.49. The van der Waals surface area contributed by atoms with E-state index in [1.165, 1.54) is 11.1 Å². The molecule has 0 bridgehead atoms. The number of ether oxygens (including phenoxy) is 1. The van der Waals surface area contributed by atoms with Gasteiger partial charge in [-0.3, -0.25) is 14.5 Å². The van der Waals surface area contributed by atoms with Crippen molar-refractivity contribution in [2.45, 2.75) is 44.4 Å². The van der Waals surface area contributed by atoms with Gasteiger partial charge in [0, 0.05) is 53.0 Å². The van der Waals surface area contributed by atoms with Gasteiger partial charge in [-0.15, -0.1) is 0 Å². The van der Waals surface area contributed by atoms with Crippen molar-refractivity contribution in [2.24, 2.45) is 0 Å². The highest BCUT2D eigenvalue weighted by molar-refractivity contribution is 6.07. The largest absolute Gasteiger partial charge is 0.492 e. The highest BCUT2D eigenvalue weighted by atomic mass is 16.5. The zero-order valence-corrected chi connectivity index (χ0v) is 22.7. The molecule has 7 heteroatoms. The normalized spacial score (nSPS) is 19.9. The second-order valence-corrected chi connectivity index (χ2v) is 11.6. The molecule has 4 aliphatic rings. The molecule has 0 unspecified atom stereocenters. The number of amides is 2. The minimum absolute atomic E-state index is 0.0364. The molecule has 200 valence electrons. The molecule has 7 nitrogen and oxygen atoms in total. The average molecular weight is 523 g/mol. The summed E-state index contributed by atoms with van der Waals surface area (Å²) in [5.41, 5.74) is 7.17. The van der Waals surface area contributed by atoms with Gasteiger partial charge in [-0.25, -0.2) is 4.98 Å². The van der Waals surface area contributed by atoms with Gasteiger partial charge in [0.05, 0.1) is 6.61 Å². The number of aromatic nitrogens is 1. The van der Waals surface area contributed by atoms with E-state index in [-0.39, 0.29) is 17.2 Å². The zero-order valence-electron chi connectivity index (χ0n) is 22.7. The molecular formula is C32H34N4O3. The molecule has 1 spiro atoms. The third-order valence-corrected chi connectivity index (χ3v) is 9.20. The molecule has 2 saturated heterocycles. The molecule has 2 aromatic carbocycles. The average Bonchev–Trinajstić information content (AvgIpc) is 3.66. The number of hydrogen-bond donors (Lipinski definition) is 0. The molecule has 39 heavy (non-hydrogen) atoms. The maximum absolute atomic E-state index is 13.7. The van der Waals surface area contributed by atoms with E-state index in [0.29, 0.717) is 18.5 Å². The Labute approximate surface area is 229 Å². The summed E-state index contributed by atoms with van der Waals surface area (Å²) in [7, 11) is 2.18. The van der Waals surface area contributed by atoms with Gasteiger partial charge >= 0.3 is 0 Å². The monoisotopic (exact) mass is 522 g/mol. The maximum Gasteiger partial charge on any atom is 0.258 e. The van der Waals surface area contributed by atoms with Gasteiger partial charge in [0.15, 0.2) is 0 Å². The van der Waals surface area contributed by atoms with E-state index in [0.717, 1.165) is 86.0 Å². The molecule has 0 atom stereocenters. The summed E-state index contributed by atoms with van der Waals surface area (Å²) in [5, 5.41) is 0.